The molecule has 2 rings (SSSR count). The van der Waals surface area contributed by atoms with Crippen molar-refractivity contribution in [2.45, 2.75) is 13.8 Å². The summed E-state index contributed by atoms with van der Waals surface area (Å²) in [7, 11) is 0. The fourth-order valence-corrected chi connectivity index (χ4v) is 1.44. The molecule has 15 heavy (non-hydrogen) atoms. The summed E-state index contributed by atoms with van der Waals surface area (Å²) in [6.07, 6.45) is 1.79. The zero-order chi connectivity index (χ0) is 10.8. The van der Waals surface area contributed by atoms with Crippen molar-refractivity contribution in [1.82, 2.24) is 9.97 Å². The molecule has 0 saturated carbocycles. The highest BCUT2D eigenvalue weighted by molar-refractivity contribution is 5.61. The highest BCUT2D eigenvalue weighted by atomic mass is 14.8. The Balaban J connectivity index is 2.50. The Morgan fingerprint density at radius 3 is 2.60 bits per heavy atom. The fourth-order valence-electron chi connectivity index (χ4n) is 1.44. The molecule has 0 saturated heterocycles. The molecule has 0 atom stereocenters. The van der Waals surface area contributed by atoms with Crippen LogP contribution in [0, 0.1) is 13.8 Å². The van der Waals surface area contributed by atoms with Crippen molar-refractivity contribution in [3.63, 3.8) is 0 Å². The van der Waals surface area contributed by atoms with E-state index in [1.54, 1.807) is 6.20 Å². The molecule has 0 unspecified atom stereocenters. The molecule has 0 aliphatic heterocycles. The molecule has 0 bridgehead atoms. The Bertz CT molecular complexity index is 492. The van der Waals surface area contributed by atoms with Gasteiger partial charge in [0, 0.05) is 17.5 Å². The van der Waals surface area contributed by atoms with E-state index in [0.29, 0.717) is 0 Å². The minimum atomic E-state index is 0.726. The Labute approximate surface area is 89.0 Å². The number of nitrogen functional groups attached to an aromatic ring is 1. The minimum Gasteiger partial charge on any atom is -0.397 e. The number of nitrogens with zero attached hydrogens (tertiary/aromatic N) is 2. The second-order valence-corrected chi connectivity index (χ2v) is 3.56. The fraction of sp³-hybridized carbons (Fsp3) is 0.167. The zero-order valence-corrected chi connectivity index (χ0v) is 8.86. The van der Waals surface area contributed by atoms with Gasteiger partial charge >= 0.3 is 0 Å². The summed E-state index contributed by atoms with van der Waals surface area (Å²) >= 11 is 0. The van der Waals surface area contributed by atoms with Gasteiger partial charge in [0.25, 0.3) is 0 Å². The molecule has 0 aliphatic rings. The molecule has 76 valence electrons. The van der Waals surface area contributed by atoms with Gasteiger partial charge in [0.05, 0.1) is 17.1 Å². The Kier molecular flexibility index (Phi) is 2.37. The number of pyridine rings is 2. The summed E-state index contributed by atoms with van der Waals surface area (Å²) in [6, 6.07) is 7.77. The van der Waals surface area contributed by atoms with Gasteiger partial charge in [-0.25, -0.2) is 0 Å². The molecular formula is C12H13N3. The van der Waals surface area contributed by atoms with Crippen LogP contribution < -0.4 is 5.73 Å². The van der Waals surface area contributed by atoms with Crippen LogP contribution in [-0.4, -0.2) is 9.97 Å². The van der Waals surface area contributed by atoms with E-state index in [1.807, 2.05) is 38.1 Å². The lowest BCUT2D eigenvalue weighted by atomic mass is 10.1. The van der Waals surface area contributed by atoms with Crippen LogP contribution in [0.15, 0.2) is 30.5 Å². The number of aryl methyl sites for hydroxylation is 2. The molecule has 2 heterocycles. The number of nitrogens with two attached hydrogens (primary N) is 1. The molecule has 0 aliphatic carbocycles. The summed E-state index contributed by atoms with van der Waals surface area (Å²) < 4.78 is 0. The highest BCUT2D eigenvalue weighted by Crippen LogP contribution is 2.19. The number of rotatable bonds is 1. The number of hydrogen-bond donors (Lipinski definition) is 1. The summed E-state index contributed by atoms with van der Waals surface area (Å²) in [6.45, 7) is 3.88. The average molecular weight is 199 g/mol. The molecule has 2 aromatic rings. The maximum absolute atomic E-state index is 5.72. The van der Waals surface area contributed by atoms with Gasteiger partial charge in [-0.2, -0.15) is 0 Å². The first-order chi connectivity index (χ1) is 7.16. The van der Waals surface area contributed by atoms with Crippen molar-refractivity contribution in [3.8, 4) is 11.3 Å². The maximum atomic E-state index is 5.72. The van der Waals surface area contributed by atoms with Gasteiger partial charge in [-0.05, 0) is 38.1 Å². The van der Waals surface area contributed by atoms with Gasteiger partial charge in [-0.1, -0.05) is 0 Å². The van der Waals surface area contributed by atoms with Crippen LogP contribution in [0.3, 0.4) is 0 Å². The smallest absolute Gasteiger partial charge is 0.0708 e. The van der Waals surface area contributed by atoms with Crippen molar-refractivity contribution in [2.75, 3.05) is 5.73 Å². The summed E-state index contributed by atoms with van der Waals surface area (Å²) in [5.41, 5.74) is 10.3. The lowest BCUT2D eigenvalue weighted by molar-refractivity contribution is 1.18. The molecule has 0 fully saturated rings. The SMILES string of the molecule is Cc1cc(-c2ccc(N)c(C)n2)ccn1. The van der Waals surface area contributed by atoms with Gasteiger partial charge in [0.2, 0.25) is 0 Å². The lowest BCUT2D eigenvalue weighted by Crippen LogP contribution is -1.94. The summed E-state index contributed by atoms with van der Waals surface area (Å²) in [5, 5.41) is 0. The first-order valence-electron chi connectivity index (χ1n) is 4.83. The average Bonchev–Trinajstić information content (AvgIpc) is 2.22. The summed E-state index contributed by atoms with van der Waals surface area (Å²) in [4.78, 5) is 8.58. The normalized spacial score (nSPS) is 10.3. The van der Waals surface area contributed by atoms with Crippen molar-refractivity contribution >= 4 is 5.69 Å². The largest absolute Gasteiger partial charge is 0.397 e. The molecule has 0 radical (unpaired) electrons. The Morgan fingerprint density at radius 2 is 1.93 bits per heavy atom. The molecule has 0 aromatic carbocycles. The topological polar surface area (TPSA) is 51.8 Å². The molecular weight excluding hydrogens is 186 g/mol. The third-order valence-corrected chi connectivity index (χ3v) is 2.32. The molecule has 0 spiro atoms. The van der Waals surface area contributed by atoms with Gasteiger partial charge < -0.3 is 5.73 Å². The van der Waals surface area contributed by atoms with E-state index in [9.17, 15) is 0 Å². The Hall–Kier alpha value is -1.90. The van der Waals surface area contributed by atoms with Crippen LogP contribution in [0.25, 0.3) is 11.3 Å². The highest BCUT2D eigenvalue weighted by Gasteiger charge is 2.01. The van der Waals surface area contributed by atoms with E-state index in [4.69, 9.17) is 5.73 Å². The number of hydrogen-bond acceptors (Lipinski definition) is 3. The molecule has 2 aromatic heterocycles. The van der Waals surface area contributed by atoms with E-state index in [0.717, 1.165) is 28.3 Å². The van der Waals surface area contributed by atoms with Gasteiger partial charge in [0.15, 0.2) is 0 Å². The summed E-state index contributed by atoms with van der Waals surface area (Å²) in [5.74, 6) is 0. The van der Waals surface area contributed by atoms with Crippen LogP contribution in [0.1, 0.15) is 11.4 Å². The first-order valence-corrected chi connectivity index (χ1v) is 4.83. The van der Waals surface area contributed by atoms with Gasteiger partial charge in [0.1, 0.15) is 0 Å². The second-order valence-electron chi connectivity index (χ2n) is 3.56. The van der Waals surface area contributed by atoms with E-state index < -0.39 is 0 Å². The molecule has 3 heteroatoms. The van der Waals surface area contributed by atoms with Crippen LogP contribution in [0.5, 0.6) is 0 Å². The van der Waals surface area contributed by atoms with E-state index in [1.165, 1.54) is 0 Å². The zero-order valence-electron chi connectivity index (χ0n) is 8.86. The lowest BCUT2D eigenvalue weighted by Gasteiger charge is -2.04. The third kappa shape index (κ3) is 1.96. The van der Waals surface area contributed by atoms with Gasteiger partial charge in [-0.15, -0.1) is 0 Å². The van der Waals surface area contributed by atoms with Crippen molar-refractivity contribution in [1.29, 1.82) is 0 Å². The monoisotopic (exact) mass is 199 g/mol. The molecule has 0 amide bonds. The first kappa shape index (κ1) is 9.65. The molecule has 2 N–H and O–H groups in total. The van der Waals surface area contributed by atoms with Crippen molar-refractivity contribution in [2.24, 2.45) is 0 Å². The number of anilines is 1. The maximum Gasteiger partial charge on any atom is 0.0708 e. The second kappa shape index (κ2) is 3.69. The van der Waals surface area contributed by atoms with Crippen LogP contribution in [0.4, 0.5) is 5.69 Å². The quantitative estimate of drug-likeness (QED) is 0.767. The standard InChI is InChI=1S/C12H13N3/c1-8-7-10(5-6-14-8)12-4-3-11(13)9(2)15-12/h3-7H,13H2,1-2H3. The van der Waals surface area contributed by atoms with E-state index >= 15 is 0 Å². The van der Waals surface area contributed by atoms with Gasteiger partial charge in [-0.3, -0.25) is 9.97 Å². The van der Waals surface area contributed by atoms with E-state index in [-0.39, 0.29) is 0 Å². The van der Waals surface area contributed by atoms with Crippen LogP contribution >= 0.6 is 0 Å². The predicted molar refractivity (Wildman–Crippen MR) is 61.4 cm³/mol. The number of aromatic nitrogens is 2. The van der Waals surface area contributed by atoms with E-state index in [2.05, 4.69) is 9.97 Å². The van der Waals surface area contributed by atoms with Crippen molar-refractivity contribution < 1.29 is 0 Å². The predicted octanol–water partition coefficient (Wildman–Crippen LogP) is 2.34. The van der Waals surface area contributed by atoms with Crippen LogP contribution in [-0.2, 0) is 0 Å². The Morgan fingerprint density at radius 1 is 1.13 bits per heavy atom. The van der Waals surface area contributed by atoms with Crippen molar-refractivity contribution in [3.05, 3.63) is 41.9 Å². The molecule has 3 nitrogen and oxygen atoms in total. The third-order valence-electron chi connectivity index (χ3n) is 2.32. The van der Waals surface area contributed by atoms with Crippen LogP contribution in [0.2, 0.25) is 0 Å². The minimum absolute atomic E-state index is 0.726.